The van der Waals surface area contributed by atoms with Gasteiger partial charge in [-0.3, -0.25) is 24.7 Å². The Bertz CT molecular complexity index is 1480. The molecular weight excluding hydrogens is 394 g/mol. The molecule has 1 aliphatic rings. The molecule has 31 heavy (non-hydrogen) atoms. The van der Waals surface area contributed by atoms with Crippen LogP contribution in [0.5, 0.6) is 0 Å². The molecule has 2 aromatic heterocycles. The maximum absolute atomic E-state index is 12.7. The topological polar surface area (TPSA) is 120 Å². The van der Waals surface area contributed by atoms with Crippen molar-refractivity contribution in [3.63, 3.8) is 0 Å². The van der Waals surface area contributed by atoms with Gasteiger partial charge in [0.1, 0.15) is 11.2 Å². The van der Waals surface area contributed by atoms with Gasteiger partial charge < -0.3 is 9.97 Å². The number of carbonyl (C=O) groups excluding carboxylic acids is 2. The number of hydrogen-bond donors (Lipinski definition) is 3. The Hall–Kier alpha value is -4.33. The van der Waals surface area contributed by atoms with Gasteiger partial charge in [-0.2, -0.15) is 0 Å². The first-order valence-electron chi connectivity index (χ1n) is 9.74. The second kappa shape index (κ2) is 7.49. The molecule has 0 bridgehead atoms. The Morgan fingerprint density at radius 1 is 1.06 bits per heavy atom. The minimum Gasteiger partial charge on any atom is -0.324 e. The zero-order chi connectivity index (χ0) is 21.4. The fourth-order valence-electron chi connectivity index (χ4n) is 3.62. The van der Waals surface area contributed by atoms with E-state index in [0.717, 1.165) is 5.71 Å². The Morgan fingerprint density at radius 3 is 2.77 bits per heavy atom. The van der Waals surface area contributed by atoms with Crippen LogP contribution in [0.25, 0.3) is 21.8 Å². The third-order valence-electron chi connectivity index (χ3n) is 5.12. The van der Waals surface area contributed by atoms with Crippen molar-refractivity contribution in [2.45, 2.75) is 12.8 Å². The minimum atomic E-state index is -0.513. The smallest absolute Gasteiger partial charge is 0.274 e. The molecule has 8 nitrogen and oxygen atoms in total. The van der Waals surface area contributed by atoms with Crippen LogP contribution in [0.1, 0.15) is 33.7 Å². The van der Waals surface area contributed by atoms with Gasteiger partial charge in [0.15, 0.2) is 5.78 Å². The summed E-state index contributed by atoms with van der Waals surface area (Å²) in [6.07, 6.45) is 4.50. The van der Waals surface area contributed by atoms with Gasteiger partial charge in [0.2, 0.25) is 5.95 Å². The number of anilines is 1. The van der Waals surface area contributed by atoms with E-state index in [4.69, 9.17) is 0 Å². The lowest BCUT2D eigenvalue weighted by Crippen LogP contribution is -2.19. The fourth-order valence-corrected chi connectivity index (χ4v) is 3.62. The van der Waals surface area contributed by atoms with Gasteiger partial charge in [0, 0.05) is 35.7 Å². The summed E-state index contributed by atoms with van der Waals surface area (Å²) in [6, 6.07) is 13.9. The summed E-state index contributed by atoms with van der Waals surface area (Å²) < 4.78 is 0. The second-order valence-electron chi connectivity index (χ2n) is 7.22. The van der Waals surface area contributed by atoms with E-state index in [1.807, 2.05) is 6.08 Å². The number of carbonyl (C=O) groups is 2. The van der Waals surface area contributed by atoms with Crippen molar-refractivity contribution in [3.8, 4) is 0 Å². The number of para-hydroxylation sites is 1. The molecule has 0 saturated heterocycles. The van der Waals surface area contributed by atoms with Crippen LogP contribution in [0, 0.1) is 0 Å². The molecule has 1 amide bonds. The zero-order valence-electron chi connectivity index (χ0n) is 16.3. The number of H-pyrrole nitrogens is 2. The lowest BCUT2D eigenvalue weighted by molar-refractivity contribution is 0.0998. The Labute approximate surface area is 175 Å². The van der Waals surface area contributed by atoms with Gasteiger partial charge in [0.25, 0.3) is 11.5 Å². The molecule has 0 fully saturated rings. The molecule has 1 aliphatic heterocycles. The van der Waals surface area contributed by atoms with Gasteiger partial charge in [-0.15, -0.1) is 0 Å². The van der Waals surface area contributed by atoms with Gasteiger partial charge in [-0.25, -0.2) is 4.98 Å². The second-order valence-corrected chi connectivity index (χ2v) is 7.22. The van der Waals surface area contributed by atoms with Crippen LogP contribution < -0.4 is 10.9 Å². The summed E-state index contributed by atoms with van der Waals surface area (Å²) in [5.41, 5.74) is 2.15. The fraction of sp³-hybridized carbons (Fsp3) is 0.0870. The molecule has 4 aromatic rings. The molecule has 3 N–H and O–H groups in total. The molecule has 0 aliphatic carbocycles. The average Bonchev–Trinajstić information content (AvgIpc) is 3.42. The lowest BCUT2D eigenvalue weighted by atomic mass is 10.0. The number of ketones is 1. The van der Waals surface area contributed by atoms with E-state index in [2.05, 4.69) is 25.3 Å². The molecule has 0 atom stereocenters. The van der Waals surface area contributed by atoms with Crippen LogP contribution >= 0.6 is 0 Å². The number of pyridine rings is 1. The number of aliphatic imine (C=N–C) groups is 1. The molecule has 3 heterocycles. The SMILES string of the molecule is O=C(Nc1nc2c(C(=O)CC3=NC=CC3)cccc2[nH]1)c1cc2ccccc2c(=O)[nH]1. The highest BCUT2D eigenvalue weighted by Gasteiger charge is 2.18. The van der Waals surface area contributed by atoms with Crippen molar-refractivity contribution < 1.29 is 9.59 Å². The number of nitrogens with zero attached hydrogens (tertiary/aromatic N) is 2. The summed E-state index contributed by atoms with van der Waals surface area (Å²) >= 11 is 0. The number of rotatable bonds is 5. The number of Topliss-reactive ketones (excluding diaryl/α,β-unsaturated/α-hetero) is 1. The van der Waals surface area contributed by atoms with Crippen molar-refractivity contribution in [2.75, 3.05) is 5.32 Å². The third-order valence-corrected chi connectivity index (χ3v) is 5.12. The highest BCUT2D eigenvalue weighted by molar-refractivity contribution is 6.15. The molecule has 2 aromatic carbocycles. The first kappa shape index (κ1) is 18.7. The summed E-state index contributed by atoms with van der Waals surface area (Å²) in [4.78, 5) is 51.9. The number of hydrogen-bond acceptors (Lipinski definition) is 5. The van der Waals surface area contributed by atoms with E-state index in [-0.39, 0.29) is 29.4 Å². The number of aromatic nitrogens is 3. The number of imidazole rings is 1. The van der Waals surface area contributed by atoms with Gasteiger partial charge in [-0.1, -0.05) is 30.3 Å². The van der Waals surface area contributed by atoms with Crippen LogP contribution in [0.3, 0.4) is 0 Å². The lowest BCUT2D eigenvalue weighted by Gasteiger charge is -2.04. The van der Waals surface area contributed by atoms with E-state index in [1.165, 1.54) is 0 Å². The van der Waals surface area contributed by atoms with Gasteiger partial charge in [-0.05, 0) is 29.7 Å². The van der Waals surface area contributed by atoms with Gasteiger partial charge >= 0.3 is 0 Å². The van der Waals surface area contributed by atoms with Crippen molar-refractivity contribution in [2.24, 2.45) is 4.99 Å². The normalized spacial score (nSPS) is 13.0. The number of amides is 1. The number of fused-ring (bicyclic) bond motifs is 2. The van der Waals surface area contributed by atoms with Gasteiger partial charge in [0.05, 0.1) is 5.52 Å². The first-order valence-corrected chi connectivity index (χ1v) is 9.74. The summed E-state index contributed by atoms with van der Waals surface area (Å²) in [5, 5.41) is 3.83. The number of benzene rings is 2. The standard InChI is InChI=1S/C23H17N5O3/c29-19(12-14-6-4-10-24-14)16-8-3-9-17-20(16)27-23(26-17)28-22(31)18-11-13-5-1-2-7-15(13)21(30)25-18/h1-5,7-11H,6,12H2,(H,25,30)(H2,26,27,28,31). The molecule has 0 unspecified atom stereocenters. The maximum Gasteiger partial charge on any atom is 0.274 e. The van der Waals surface area contributed by atoms with Crippen LogP contribution in [0.4, 0.5) is 5.95 Å². The predicted octanol–water partition coefficient (Wildman–Crippen LogP) is 3.59. The Balaban J connectivity index is 1.43. The minimum absolute atomic E-state index is 0.0868. The van der Waals surface area contributed by atoms with Crippen LogP contribution in [-0.4, -0.2) is 32.4 Å². The molecule has 0 saturated carbocycles. The van der Waals surface area contributed by atoms with Crippen LogP contribution in [-0.2, 0) is 0 Å². The van der Waals surface area contributed by atoms with Crippen molar-refractivity contribution in [1.29, 1.82) is 0 Å². The number of aromatic amines is 2. The molecule has 0 spiro atoms. The molecule has 152 valence electrons. The largest absolute Gasteiger partial charge is 0.324 e. The van der Waals surface area contributed by atoms with E-state index in [0.29, 0.717) is 33.8 Å². The average molecular weight is 411 g/mol. The Morgan fingerprint density at radius 2 is 1.94 bits per heavy atom. The number of allylic oxidation sites excluding steroid dienone is 1. The quantitative estimate of drug-likeness (QED) is 0.435. The highest BCUT2D eigenvalue weighted by Crippen LogP contribution is 2.21. The Kier molecular flexibility index (Phi) is 4.51. The highest BCUT2D eigenvalue weighted by atomic mass is 16.2. The number of nitrogens with one attached hydrogen (secondary N) is 3. The van der Waals surface area contributed by atoms with Crippen molar-refractivity contribution in [1.82, 2.24) is 15.0 Å². The maximum atomic E-state index is 12.7. The van der Waals surface area contributed by atoms with Crippen molar-refractivity contribution in [3.05, 3.63) is 82.4 Å². The predicted molar refractivity (Wildman–Crippen MR) is 119 cm³/mol. The van der Waals surface area contributed by atoms with Crippen molar-refractivity contribution >= 4 is 45.2 Å². The molecule has 8 heteroatoms. The molecule has 5 rings (SSSR count). The van der Waals surface area contributed by atoms with Crippen LogP contribution in [0.2, 0.25) is 0 Å². The van der Waals surface area contributed by atoms with E-state index < -0.39 is 5.91 Å². The summed E-state index contributed by atoms with van der Waals surface area (Å²) in [6.45, 7) is 0. The molecule has 0 radical (unpaired) electrons. The van der Waals surface area contributed by atoms with E-state index in [1.54, 1.807) is 54.7 Å². The van der Waals surface area contributed by atoms with E-state index in [9.17, 15) is 14.4 Å². The van der Waals surface area contributed by atoms with E-state index >= 15 is 0 Å². The summed E-state index contributed by atoms with van der Waals surface area (Å²) in [7, 11) is 0. The third kappa shape index (κ3) is 3.55. The van der Waals surface area contributed by atoms with Crippen LogP contribution in [0.15, 0.2) is 70.6 Å². The first-order chi connectivity index (χ1) is 15.1. The zero-order valence-corrected chi connectivity index (χ0v) is 16.3. The monoisotopic (exact) mass is 411 g/mol. The summed E-state index contributed by atoms with van der Waals surface area (Å²) in [5.74, 6) is -0.411. The molecular formula is C23H17N5O3.